The summed E-state index contributed by atoms with van der Waals surface area (Å²) >= 11 is 0. The minimum absolute atomic E-state index is 0.769. The van der Waals surface area contributed by atoms with Gasteiger partial charge in [0.25, 0.3) is 0 Å². The number of piperidine rings is 1. The molecule has 0 aromatic carbocycles. The van der Waals surface area contributed by atoms with Gasteiger partial charge in [-0.1, -0.05) is 18.9 Å². The summed E-state index contributed by atoms with van der Waals surface area (Å²) in [5.74, 6) is 0. The molecule has 1 spiro atoms. The molecule has 1 aliphatic carbocycles. The number of likely N-dealkylation sites (tertiary alicyclic amines) is 1. The highest BCUT2D eigenvalue weighted by atomic mass is 15.1. The Kier molecular flexibility index (Phi) is 4.42. The Morgan fingerprint density at radius 2 is 1.81 bits per heavy atom. The first-order chi connectivity index (χ1) is 7.85. The number of hydrogen-bond donors (Lipinski definition) is 1. The SMILES string of the molecule is C=CCNCCN1CCC2(CCCC2)CC1. The lowest BCUT2D eigenvalue weighted by molar-refractivity contribution is 0.109. The molecule has 0 radical (unpaired) electrons. The van der Waals surface area contributed by atoms with E-state index in [4.69, 9.17) is 0 Å². The molecule has 0 aromatic rings. The molecule has 0 amide bonds. The quantitative estimate of drug-likeness (QED) is 0.568. The van der Waals surface area contributed by atoms with E-state index < -0.39 is 0 Å². The van der Waals surface area contributed by atoms with Crippen LogP contribution in [0.1, 0.15) is 38.5 Å². The molecule has 1 heterocycles. The maximum Gasteiger partial charge on any atom is 0.0132 e. The summed E-state index contributed by atoms with van der Waals surface area (Å²) < 4.78 is 0. The summed E-state index contributed by atoms with van der Waals surface area (Å²) in [4.78, 5) is 2.62. The van der Waals surface area contributed by atoms with Crippen LogP contribution in [0, 0.1) is 5.41 Å². The van der Waals surface area contributed by atoms with Crippen molar-refractivity contribution in [3.8, 4) is 0 Å². The molecule has 2 heteroatoms. The molecule has 2 aliphatic rings. The van der Waals surface area contributed by atoms with Gasteiger partial charge in [-0.25, -0.2) is 0 Å². The van der Waals surface area contributed by atoms with Crippen molar-refractivity contribution in [2.75, 3.05) is 32.7 Å². The fourth-order valence-electron chi connectivity index (χ4n) is 3.32. The summed E-state index contributed by atoms with van der Waals surface area (Å²) in [6, 6.07) is 0. The van der Waals surface area contributed by atoms with Crippen molar-refractivity contribution in [2.24, 2.45) is 5.41 Å². The normalized spacial score (nSPS) is 25.0. The monoisotopic (exact) mass is 222 g/mol. The average molecular weight is 222 g/mol. The van der Waals surface area contributed by atoms with Crippen molar-refractivity contribution < 1.29 is 0 Å². The number of rotatable bonds is 5. The van der Waals surface area contributed by atoms with E-state index in [-0.39, 0.29) is 0 Å². The van der Waals surface area contributed by atoms with E-state index >= 15 is 0 Å². The molecule has 2 rings (SSSR count). The molecule has 2 fully saturated rings. The Morgan fingerprint density at radius 3 is 2.44 bits per heavy atom. The lowest BCUT2D eigenvalue weighted by Crippen LogP contribution is -2.41. The van der Waals surface area contributed by atoms with Gasteiger partial charge in [-0.3, -0.25) is 0 Å². The van der Waals surface area contributed by atoms with E-state index in [1.54, 1.807) is 0 Å². The van der Waals surface area contributed by atoms with Crippen molar-refractivity contribution in [3.63, 3.8) is 0 Å². The van der Waals surface area contributed by atoms with Crippen LogP contribution >= 0.6 is 0 Å². The van der Waals surface area contributed by atoms with E-state index in [1.807, 2.05) is 6.08 Å². The largest absolute Gasteiger partial charge is 0.312 e. The van der Waals surface area contributed by atoms with Gasteiger partial charge < -0.3 is 10.2 Å². The number of nitrogens with one attached hydrogen (secondary N) is 1. The molecule has 0 unspecified atom stereocenters. The predicted octanol–water partition coefficient (Wildman–Crippen LogP) is 2.42. The van der Waals surface area contributed by atoms with Crippen LogP contribution in [0.15, 0.2) is 12.7 Å². The van der Waals surface area contributed by atoms with Crippen molar-refractivity contribution in [1.82, 2.24) is 10.2 Å². The van der Waals surface area contributed by atoms with Crippen LogP contribution in [0.2, 0.25) is 0 Å². The summed E-state index contributed by atoms with van der Waals surface area (Å²) in [7, 11) is 0. The van der Waals surface area contributed by atoms with Crippen LogP contribution in [0.25, 0.3) is 0 Å². The highest BCUT2D eigenvalue weighted by Gasteiger charge is 2.36. The fourth-order valence-corrected chi connectivity index (χ4v) is 3.32. The Labute approximate surface area is 100 Å². The first-order valence-corrected chi connectivity index (χ1v) is 6.89. The van der Waals surface area contributed by atoms with Crippen LogP contribution in [-0.2, 0) is 0 Å². The molecule has 16 heavy (non-hydrogen) atoms. The lowest BCUT2D eigenvalue weighted by atomic mass is 9.77. The van der Waals surface area contributed by atoms with Gasteiger partial charge in [-0.05, 0) is 44.2 Å². The minimum atomic E-state index is 0.769. The maximum absolute atomic E-state index is 3.72. The van der Waals surface area contributed by atoms with E-state index in [2.05, 4.69) is 16.8 Å². The molecule has 0 aromatic heterocycles. The summed E-state index contributed by atoms with van der Waals surface area (Å²) in [5, 5.41) is 3.38. The maximum atomic E-state index is 3.72. The predicted molar refractivity (Wildman–Crippen MR) is 69.6 cm³/mol. The second kappa shape index (κ2) is 5.83. The highest BCUT2D eigenvalue weighted by molar-refractivity contribution is 4.89. The molecule has 0 bridgehead atoms. The smallest absolute Gasteiger partial charge is 0.0132 e. The summed E-state index contributed by atoms with van der Waals surface area (Å²) in [6.07, 6.45) is 10.8. The molecule has 1 aliphatic heterocycles. The second-order valence-electron chi connectivity index (χ2n) is 5.54. The Balaban J connectivity index is 1.63. The second-order valence-corrected chi connectivity index (χ2v) is 5.54. The van der Waals surface area contributed by atoms with Gasteiger partial charge in [-0.15, -0.1) is 6.58 Å². The van der Waals surface area contributed by atoms with Crippen LogP contribution in [-0.4, -0.2) is 37.6 Å². The van der Waals surface area contributed by atoms with Crippen molar-refractivity contribution in [1.29, 1.82) is 0 Å². The van der Waals surface area contributed by atoms with Gasteiger partial charge in [0.1, 0.15) is 0 Å². The van der Waals surface area contributed by atoms with Gasteiger partial charge in [0.15, 0.2) is 0 Å². The zero-order valence-corrected chi connectivity index (χ0v) is 10.5. The molecule has 0 atom stereocenters. The first kappa shape index (κ1) is 12.1. The fraction of sp³-hybridized carbons (Fsp3) is 0.857. The van der Waals surface area contributed by atoms with Crippen molar-refractivity contribution in [2.45, 2.75) is 38.5 Å². The van der Waals surface area contributed by atoms with Crippen LogP contribution in [0.5, 0.6) is 0 Å². The van der Waals surface area contributed by atoms with Crippen LogP contribution in [0.4, 0.5) is 0 Å². The Hall–Kier alpha value is -0.340. The lowest BCUT2D eigenvalue weighted by Gasteiger charge is -2.39. The number of hydrogen-bond acceptors (Lipinski definition) is 2. The van der Waals surface area contributed by atoms with E-state index in [9.17, 15) is 0 Å². The molecular weight excluding hydrogens is 196 g/mol. The Bertz CT molecular complexity index is 209. The Morgan fingerprint density at radius 1 is 1.12 bits per heavy atom. The standard InChI is InChI=1S/C14H26N2/c1-2-9-15-10-13-16-11-7-14(8-12-16)5-3-4-6-14/h2,15H,1,3-13H2. The summed E-state index contributed by atoms with van der Waals surface area (Å²) in [5.41, 5.74) is 0.769. The number of nitrogens with zero attached hydrogens (tertiary/aromatic N) is 1. The van der Waals surface area contributed by atoms with Crippen molar-refractivity contribution >= 4 is 0 Å². The first-order valence-electron chi connectivity index (χ1n) is 6.89. The zero-order chi connectivity index (χ0) is 11.3. The molecule has 2 nitrogen and oxygen atoms in total. The third-order valence-corrected chi connectivity index (χ3v) is 4.47. The third kappa shape index (κ3) is 3.08. The van der Waals surface area contributed by atoms with Gasteiger partial charge in [0.05, 0.1) is 0 Å². The zero-order valence-electron chi connectivity index (χ0n) is 10.5. The van der Waals surface area contributed by atoms with Crippen LogP contribution in [0.3, 0.4) is 0 Å². The highest BCUT2D eigenvalue weighted by Crippen LogP contribution is 2.45. The van der Waals surface area contributed by atoms with Gasteiger partial charge in [0, 0.05) is 19.6 Å². The van der Waals surface area contributed by atoms with Gasteiger partial charge in [-0.2, -0.15) is 0 Å². The summed E-state index contributed by atoms with van der Waals surface area (Å²) in [6.45, 7) is 9.64. The molecule has 1 saturated heterocycles. The van der Waals surface area contributed by atoms with Gasteiger partial charge in [0.2, 0.25) is 0 Å². The molecule has 92 valence electrons. The molecule has 1 saturated carbocycles. The average Bonchev–Trinajstić information content (AvgIpc) is 2.76. The van der Waals surface area contributed by atoms with Crippen molar-refractivity contribution in [3.05, 3.63) is 12.7 Å². The molecular formula is C14H26N2. The minimum Gasteiger partial charge on any atom is -0.312 e. The van der Waals surface area contributed by atoms with E-state index in [0.29, 0.717) is 0 Å². The van der Waals surface area contributed by atoms with Gasteiger partial charge >= 0.3 is 0 Å². The van der Waals surface area contributed by atoms with E-state index in [1.165, 1.54) is 58.2 Å². The van der Waals surface area contributed by atoms with Crippen LogP contribution < -0.4 is 5.32 Å². The van der Waals surface area contributed by atoms with E-state index in [0.717, 1.165) is 18.5 Å². The molecule has 1 N–H and O–H groups in total. The third-order valence-electron chi connectivity index (χ3n) is 4.47. The topological polar surface area (TPSA) is 15.3 Å².